The Balaban J connectivity index is 1.69. The minimum absolute atomic E-state index is 0.0535. The lowest BCUT2D eigenvalue weighted by atomic mass is 9.96. The molecule has 4 rings (SSSR count). The molecular formula is C22H23F2N3O5. The lowest BCUT2D eigenvalue weighted by molar-refractivity contribution is -0.0176. The Hall–Kier alpha value is -3.27. The van der Waals surface area contributed by atoms with Gasteiger partial charge in [0.2, 0.25) is 5.43 Å². The Labute approximate surface area is 182 Å². The van der Waals surface area contributed by atoms with Gasteiger partial charge in [0.25, 0.3) is 11.8 Å². The van der Waals surface area contributed by atoms with Crippen LogP contribution in [-0.2, 0) is 11.3 Å². The van der Waals surface area contributed by atoms with Crippen LogP contribution in [0.3, 0.4) is 0 Å². The first-order valence-corrected chi connectivity index (χ1v) is 10.3. The Morgan fingerprint density at radius 1 is 1.28 bits per heavy atom. The van der Waals surface area contributed by atoms with Crippen LogP contribution in [0.25, 0.3) is 0 Å². The molecule has 2 N–H and O–H groups in total. The van der Waals surface area contributed by atoms with Crippen molar-refractivity contribution in [1.29, 1.82) is 0 Å². The highest BCUT2D eigenvalue weighted by molar-refractivity contribution is 5.99. The summed E-state index contributed by atoms with van der Waals surface area (Å²) in [6, 6.07) is 1.74. The lowest BCUT2D eigenvalue weighted by Crippen LogP contribution is -2.55. The predicted molar refractivity (Wildman–Crippen MR) is 110 cm³/mol. The van der Waals surface area contributed by atoms with Crippen molar-refractivity contribution in [2.75, 3.05) is 19.8 Å². The van der Waals surface area contributed by atoms with Crippen molar-refractivity contribution < 1.29 is 28.2 Å². The third kappa shape index (κ3) is 3.44. The second-order valence-electron chi connectivity index (χ2n) is 7.89. The van der Waals surface area contributed by atoms with E-state index in [1.165, 1.54) is 23.8 Å². The van der Waals surface area contributed by atoms with Crippen molar-refractivity contribution in [3.63, 3.8) is 0 Å². The summed E-state index contributed by atoms with van der Waals surface area (Å²) < 4.78 is 34.7. The molecule has 2 amide bonds. The molecular weight excluding hydrogens is 424 g/mol. The van der Waals surface area contributed by atoms with Gasteiger partial charge in [-0.05, 0) is 26.3 Å². The number of halogens is 2. The summed E-state index contributed by atoms with van der Waals surface area (Å²) in [7, 11) is 0. The van der Waals surface area contributed by atoms with Crippen LogP contribution < -0.4 is 10.7 Å². The first-order valence-electron chi connectivity index (χ1n) is 10.3. The number of pyridine rings is 1. The zero-order chi connectivity index (χ0) is 23.2. The topological polar surface area (TPSA) is 101 Å². The number of nitrogens with one attached hydrogen (secondary N) is 1. The molecule has 0 bridgehead atoms. The number of ether oxygens (including phenoxy) is 1. The number of amides is 2. The van der Waals surface area contributed by atoms with Crippen LogP contribution in [0.15, 0.2) is 23.1 Å². The molecule has 2 atom stereocenters. The number of aromatic nitrogens is 1. The molecule has 3 heterocycles. The minimum atomic E-state index is -0.987. The number of nitrogens with zero attached hydrogens (tertiary/aromatic N) is 2. The van der Waals surface area contributed by atoms with Crippen molar-refractivity contribution in [2.24, 2.45) is 0 Å². The average Bonchev–Trinajstić information content (AvgIpc) is 2.79. The van der Waals surface area contributed by atoms with Crippen LogP contribution in [0.5, 0.6) is 5.75 Å². The molecule has 1 aromatic heterocycles. The summed E-state index contributed by atoms with van der Waals surface area (Å²) in [5, 5.41) is 13.0. The van der Waals surface area contributed by atoms with Gasteiger partial charge in [-0.25, -0.2) is 8.78 Å². The number of hydrogen-bond acceptors (Lipinski definition) is 5. The van der Waals surface area contributed by atoms with Crippen molar-refractivity contribution in [1.82, 2.24) is 14.8 Å². The van der Waals surface area contributed by atoms with Crippen molar-refractivity contribution in [3.8, 4) is 5.75 Å². The van der Waals surface area contributed by atoms with Crippen LogP contribution in [0.4, 0.5) is 8.78 Å². The molecule has 1 fully saturated rings. The minimum Gasteiger partial charge on any atom is -0.503 e. The molecule has 170 valence electrons. The van der Waals surface area contributed by atoms with E-state index in [4.69, 9.17) is 4.74 Å². The third-order valence-electron chi connectivity index (χ3n) is 6.15. The Bertz CT molecular complexity index is 1160. The number of benzene rings is 1. The molecule has 2 unspecified atom stereocenters. The second-order valence-corrected chi connectivity index (χ2v) is 7.89. The smallest absolute Gasteiger partial charge is 0.274 e. The Morgan fingerprint density at radius 3 is 2.75 bits per heavy atom. The fourth-order valence-corrected chi connectivity index (χ4v) is 4.38. The Kier molecular flexibility index (Phi) is 5.72. The van der Waals surface area contributed by atoms with Gasteiger partial charge in [0.15, 0.2) is 11.4 Å². The van der Waals surface area contributed by atoms with E-state index in [0.717, 1.165) is 6.07 Å². The molecule has 2 aliphatic heterocycles. The molecule has 8 nitrogen and oxygen atoms in total. The molecule has 0 radical (unpaired) electrons. The number of likely N-dealkylation sites (N-methyl/N-ethyl adjacent to an activating group) is 1. The Morgan fingerprint density at radius 2 is 2.03 bits per heavy atom. The molecule has 0 saturated carbocycles. The highest BCUT2D eigenvalue weighted by Crippen LogP contribution is 2.35. The van der Waals surface area contributed by atoms with Crippen LogP contribution >= 0.6 is 0 Å². The number of aromatic hydroxyl groups is 1. The van der Waals surface area contributed by atoms with Gasteiger partial charge in [-0.3, -0.25) is 14.4 Å². The molecule has 2 aromatic rings. The molecule has 32 heavy (non-hydrogen) atoms. The fraction of sp³-hybridized carbons (Fsp3) is 0.409. The summed E-state index contributed by atoms with van der Waals surface area (Å²) in [4.78, 5) is 40.0. The van der Waals surface area contributed by atoms with Crippen molar-refractivity contribution in [2.45, 2.75) is 38.9 Å². The van der Waals surface area contributed by atoms with E-state index in [1.54, 1.807) is 11.8 Å². The highest BCUT2D eigenvalue weighted by atomic mass is 19.1. The molecule has 2 aliphatic rings. The maximum absolute atomic E-state index is 14.2. The van der Waals surface area contributed by atoms with Crippen molar-refractivity contribution in [3.05, 3.63) is 62.6 Å². The number of rotatable bonds is 4. The van der Waals surface area contributed by atoms with Gasteiger partial charge in [-0.2, -0.15) is 0 Å². The van der Waals surface area contributed by atoms with E-state index in [0.29, 0.717) is 26.2 Å². The van der Waals surface area contributed by atoms with Crippen LogP contribution in [0, 0.1) is 18.6 Å². The summed E-state index contributed by atoms with van der Waals surface area (Å²) in [5.41, 5.74) is -1.63. The number of fused-ring (bicyclic) bond motifs is 3. The van der Waals surface area contributed by atoms with E-state index in [-0.39, 0.29) is 41.0 Å². The quantitative estimate of drug-likeness (QED) is 0.746. The zero-order valence-corrected chi connectivity index (χ0v) is 17.7. The second kappa shape index (κ2) is 8.34. The number of carbonyl (C=O) groups is 2. The fourth-order valence-electron chi connectivity index (χ4n) is 4.38. The van der Waals surface area contributed by atoms with Gasteiger partial charge in [-0.1, -0.05) is 6.07 Å². The van der Waals surface area contributed by atoms with E-state index in [2.05, 4.69) is 5.32 Å². The molecule has 0 spiro atoms. The van der Waals surface area contributed by atoms with E-state index in [9.17, 15) is 28.3 Å². The summed E-state index contributed by atoms with van der Waals surface area (Å²) in [5.74, 6) is -3.63. The maximum Gasteiger partial charge on any atom is 0.274 e. The predicted octanol–water partition coefficient (Wildman–Crippen LogP) is 1.88. The first-order chi connectivity index (χ1) is 15.3. The first kappa shape index (κ1) is 21.9. The SMILES string of the molecule is CCN1C(=O)c2c(O)c(=O)c(C(=O)NCc3ccc(F)c(C)c3F)cn2C2CCOCC21. The third-order valence-corrected chi connectivity index (χ3v) is 6.15. The van der Waals surface area contributed by atoms with Gasteiger partial charge in [0, 0.05) is 37.0 Å². The largest absolute Gasteiger partial charge is 0.503 e. The van der Waals surface area contributed by atoms with Gasteiger partial charge in [-0.15, -0.1) is 0 Å². The average molecular weight is 447 g/mol. The van der Waals surface area contributed by atoms with Crippen LogP contribution in [0.2, 0.25) is 0 Å². The number of carbonyl (C=O) groups excluding carboxylic acids is 2. The molecule has 1 saturated heterocycles. The lowest BCUT2D eigenvalue weighted by Gasteiger charge is -2.45. The van der Waals surface area contributed by atoms with Crippen LogP contribution in [0.1, 0.15) is 51.4 Å². The normalized spacial score (nSPS) is 20.0. The molecule has 10 heteroatoms. The van der Waals surface area contributed by atoms with Gasteiger partial charge in [0.1, 0.15) is 17.2 Å². The van der Waals surface area contributed by atoms with Crippen LogP contribution in [-0.4, -0.2) is 52.2 Å². The van der Waals surface area contributed by atoms with Crippen molar-refractivity contribution >= 4 is 11.8 Å². The standard InChI is InChI=1S/C22H23F2N3O5/c1-3-26-16-10-32-7-6-15(16)27-9-13(19(28)20(29)18(27)22(26)31)21(30)25-8-12-4-5-14(23)11(2)17(12)24/h4-5,9,15-16,29H,3,6-8,10H2,1-2H3,(H,25,30). The monoisotopic (exact) mass is 447 g/mol. The summed E-state index contributed by atoms with van der Waals surface area (Å²) >= 11 is 0. The van der Waals surface area contributed by atoms with E-state index < -0.39 is 34.6 Å². The maximum atomic E-state index is 14.2. The van der Waals surface area contributed by atoms with Gasteiger partial charge < -0.3 is 24.6 Å². The summed E-state index contributed by atoms with van der Waals surface area (Å²) in [6.07, 6.45) is 1.80. The van der Waals surface area contributed by atoms with E-state index >= 15 is 0 Å². The highest BCUT2D eigenvalue weighted by Gasteiger charge is 2.43. The number of hydrogen-bond donors (Lipinski definition) is 2. The van der Waals surface area contributed by atoms with E-state index in [1.807, 2.05) is 0 Å². The van der Waals surface area contributed by atoms with Gasteiger partial charge in [0.05, 0.1) is 18.7 Å². The molecule has 0 aliphatic carbocycles. The van der Waals surface area contributed by atoms with Gasteiger partial charge >= 0.3 is 0 Å². The zero-order valence-electron chi connectivity index (χ0n) is 17.7. The molecule has 1 aromatic carbocycles. The summed E-state index contributed by atoms with van der Waals surface area (Å²) in [6.45, 7) is 3.92.